The van der Waals surface area contributed by atoms with Crippen LogP contribution in [0, 0.1) is 18.8 Å². The summed E-state index contributed by atoms with van der Waals surface area (Å²) in [4.78, 5) is 4.50. The van der Waals surface area contributed by atoms with E-state index in [-0.39, 0.29) is 5.56 Å². The highest BCUT2D eigenvalue weighted by atomic mass is 19.4. The Morgan fingerprint density at radius 3 is 2.75 bits per heavy atom. The van der Waals surface area contributed by atoms with Crippen molar-refractivity contribution in [3.8, 4) is 17.0 Å². The number of hydrogen-bond donors (Lipinski definition) is 1. The normalized spacial score (nSPS) is 24.4. The van der Waals surface area contributed by atoms with Crippen molar-refractivity contribution in [3.05, 3.63) is 41.6 Å². The van der Waals surface area contributed by atoms with Gasteiger partial charge in [0.25, 0.3) is 0 Å². The molecule has 0 spiro atoms. The second kappa shape index (κ2) is 5.94. The first-order chi connectivity index (χ1) is 13.3. The van der Waals surface area contributed by atoms with E-state index in [0.29, 0.717) is 34.8 Å². The lowest BCUT2D eigenvalue weighted by atomic mass is 9.71. The summed E-state index contributed by atoms with van der Waals surface area (Å²) < 4.78 is 46.3. The zero-order valence-corrected chi connectivity index (χ0v) is 15.1. The summed E-state index contributed by atoms with van der Waals surface area (Å²) in [5, 5.41) is 15.7. The van der Waals surface area contributed by atoms with E-state index in [1.807, 2.05) is 16.9 Å². The first kappa shape index (κ1) is 17.5. The Labute approximate surface area is 158 Å². The molecular formula is C20H18F3N3O2. The minimum Gasteiger partial charge on any atom is -0.507 e. The number of ether oxygens (including phenoxy) is 1. The quantitative estimate of drug-likeness (QED) is 0.708. The van der Waals surface area contributed by atoms with Gasteiger partial charge in [0.05, 0.1) is 23.9 Å². The first-order valence-electron chi connectivity index (χ1n) is 9.16. The fourth-order valence-electron chi connectivity index (χ4n) is 4.37. The van der Waals surface area contributed by atoms with Crippen LogP contribution < -0.4 is 0 Å². The van der Waals surface area contributed by atoms with Crippen molar-refractivity contribution >= 4 is 11.0 Å². The molecule has 5 rings (SSSR count). The fourth-order valence-corrected chi connectivity index (χ4v) is 4.37. The molecule has 1 aliphatic heterocycles. The standard InChI is InChI=1S/C20H18F3N3O2/c1-10-4-13(20(21,22)23)6-17(27)18(10)15-3-2-11-7-26(25-19(11)24-15)16-5-12-8-28-9-14(12)16/h2-4,6-7,12,14,16,27H,5,8-9H2,1H3/t12-,14?,16-/m1/s1. The van der Waals surface area contributed by atoms with Gasteiger partial charge in [0.2, 0.25) is 0 Å². The Morgan fingerprint density at radius 1 is 1.21 bits per heavy atom. The minimum atomic E-state index is -4.51. The number of phenols is 1. The van der Waals surface area contributed by atoms with Crippen LogP contribution in [-0.2, 0) is 10.9 Å². The van der Waals surface area contributed by atoms with Gasteiger partial charge in [0.15, 0.2) is 5.65 Å². The van der Waals surface area contributed by atoms with Crippen LogP contribution in [0.25, 0.3) is 22.3 Å². The van der Waals surface area contributed by atoms with E-state index < -0.39 is 17.5 Å². The van der Waals surface area contributed by atoms with Gasteiger partial charge >= 0.3 is 6.18 Å². The van der Waals surface area contributed by atoms with Crippen molar-refractivity contribution in [1.82, 2.24) is 14.8 Å². The van der Waals surface area contributed by atoms with E-state index in [0.717, 1.165) is 37.2 Å². The smallest absolute Gasteiger partial charge is 0.416 e. The summed E-state index contributed by atoms with van der Waals surface area (Å²) in [6, 6.07) is 5.59. The fraction of sp³-hybridized carbons (Fsp3) is 0.400. The first-order valence-corrected chi connectivity index (χ1v) is 9.16. The van der Waals surface area contributed by atoms with Crippen LogP contribution in [0.3, 0.4) is 0 Å². The summed E-state index contributed by atoms with van der Waals surface area (Å²) in [6.45, 7) is 3.10. The van der Waals surface area contributed by atoms with Gasteiger partial charge in [0, 0.05) is 29.7 Å². The molecule has 3 aromatic rings. The lowest BCUT2D eigenvalue weighted by Crippen LogP contribution is -2.37. The number of halogens is 3. The molecule has 2 aromatic heterocycles. The van der Waals surface area contributed by atoms with E-state index in [1.54, 1.807) is 6.07 Å². The van der Waals surface area contributed by atoms with Gasteiger partial charge in [-0.05, 0) is 49.1 Å². The molecule has 0 bridgehead atoms. The predicted molar refractivity (Wildman–Crippen MR) is 95.8 cm³/mol. The third kappa shape index (κ3) is 2.66. The number of benzene rings is 1. The Hall–Kier alpha value is -2.61. The summed E-state index contributed by atoms with van der Waals surface area (Å²) in [7, 11) is 0. The Bertz CT molecular complexity index is 1050. The summed E-state index contributed by atoms with van der Waals surface area (Å²) in [5.74, 6) is 0.645. The van der Waals surface area contributed by atoms with Gasteiger partial charge in [-0.3, -0.25) is 4.68 Å². The Kier molecular flexibility index (Phi) is 3.71. The lowest BCUT2D eigenvalue weighted by molar-refractivity contribution is -0.137. The maximum Gasteiger partial charge on any atom is 0.416 e. The molecule has 0 amide bonds. The monoisotopic (exact) mass is 389 g/mol. The number of pyridine rings is 1. The van der Waals surface area contributed by atoms with Gasteiger partial charge in [-0.15, -0.1) is 0 Å². The summed E-state index contributed by atoms with van der Waals surface area (Å²) >= 11 is 0. The van der Waals surface area contributed by atoms with Gasteiger partial charge in [-0.2, -0.15) is 18.3 Å². The van der Waals surface area contributed by atoms with Crippen LogP contribution in [0.4, 0.5) is 13.2 Å². The third-order valence-corrected chi connectivity index (χ3v) is 5.91. The SMILES string of the molecule is Cc1cc(C(F)(F)F)cc(O)c1-c1ccc2cn([C@@H]3C[C@@H]4COCC43)nc2n1. The van der Waals surface area contributed by atoms with E-state index >= 15 is 0 Å². The lowest BCUT2D eigenvalue weighted by Gasteiger charge is -2.38. The zero-order valence-electron chi connectivity index (χ0n) is 15.1. The highest BCUT2D eigenvalue weighted by Gasteiger charge is 2.46. The number of aromatic hydroxyl groups is 1. The van der Waals surface area contributed by atoms with Crippen molar-refractivity contribution in [3.63, 3.8) is 0 Å². The minimum absolute atomic E-state index is 0.289. The molecule has 3 atom stereocenters. The van der Waals surface area contributed by atoms with Crippen LogP contribution in [0.1, 0.15) is 23.6 Å². The van der Waals surface area contributed by atoms with Gasteiger partial charge < -0.3 is 9.84 Å². The summed E-state index contributed by atoms with van der Waals surface area (Å²) in [5.41, 5.74) is 0.631. The molecule has 28 heavy (non-hydrogen) atoms. The van der Waals surface area contributed by atoms with Crippen molar-refractivity contribution in [1.29, 1.82) is 0 Å². The van der Waals surface area contributed by atoms with Gasteiger partial charge in [-0.25, -0.2) is 4.98 Å². The van der Waals surface area contributed by atoms with Crippen LogP contribution in [0.15, 0.2) is 30.5 Å². The van der Waals surface area contributed by atoms with Crippen molar-refractivity contribution in [2.45, 2.75) is 25.6 Å². The molecule has 1 aliphatic carbocycles. The average Bonchev–Trinajstić information content (AvgIpc) is 3.17. The van der Waals surface area contributed by atoms with Crippen LogP contribution in [0.5, 0.6) is 5.75 Å². The Balaban J connectivity index is 1.52. The van der Waals surface area contributed by atoms with E-state index in [9.17, 15) is 18.3 Å². The van der Waals surface area contributed by atoms with Crippen molar-refractivity contribution in [2.75, 3.05) is 13.2 Å². The average molecular weight is 389 g/mol. The second-order valence-corrected chi connectivity index (χ2v) is 7.67. The van der Waals surface area contributed by atoms with Crippen LogP contribution in [-0.4, -0.2) is 33.1 Å². The molecule has 5 nitrogen and oxygen atoms in total. The molecule has 1 N–H and O–H groups in total. The molecular weight excluding hydrogens is 371 g/mol. The molecule has 2 fully saturated rings. The number of aryl methyl sites for hydroxylation is 1. The van der Waals surface area contributed by atoms with Crippen molar-refractivity contribution < 1.29 is 23.0 Å². The number of nitrogens with zero attached hydrogens (tertiary/aromatic N) is 3. The molecule has 1 aromatic carbocycles. The number of fused-ring (bicyclic) bond motifs is 2. The largest absolute Gasteiger partial charge is 0.507 e. The van der Waals surface area contributed by atoms with E-state index in [1.165, 1.54) is 6.92 Å². The molecule has 3 heterocycles. The van der Waals surface area contributed by atoms with Gasteiger partial charge in [0.1, 0.15) is 5.75 Å². The van der Waals surface area contributed by atoms with Crippen LogP contribution >= 0.6 is 0 Å². The number of phenolic OH excluding ortho intramolecular Hbond substituents is 1. The topological polar surface area (TPSA) is 60.2 Å². The third-order valence-electron chi connectivity index (χ3n) is 5.91. The number of aromatic nitrogens is 3. The molecule has 1 saturated carbocycles. The Morgan fingerprint density at radius 2 is 2.04 bits per heavy atom. The molecule has 8 heteroatoms. The molecule has 146 valence electrons. The van der Waals surface area contributed by atoms with Gasteiger partial charge in [-0.1, -0.05) is 0 Å². The highest BCUT2D eigenvalue weighted by molar-refractivity contribution is 5.80. The zero-order chi connectivity index (χ0) is 19.6. The van der Waals surface area contributed by atoms with E-state index in [2.05, 4.69) is 10.1 Å². The number of rotatable bonds is 2. The number of hydrogen-bond acceptors (Lipinski definition) is 4. The molecule has 1 unspecified atom stereocenters. The summed E-state index contributed by atoms with van der Waals surface area (Å²) in [6.07, 6.45) is -1.53. The number of alkyl halides is 3. The van der Waals surface area contributed by atoms with Crippen molar-refractivity contribution in [2.24, 2.45) is 11.8 Å². The molecule has 0 radical (unpaired) electrons. The second-order valence-electron chi connectivity index (χ2n) is 7.67. The van der Waals surface area contributed by atoms with E-state index in [4.69, 9.17) is 4.74 Å². The maximum atomic E-state index is 13.0. The highest BCUT2D eigenvalue weighted by Crippen LogP contribution is 2.47. The van der Waals surface area contributed by atoms with Crippen LogP contribution in [0.2, 0.25) is 0 Å². The molecule has 2 aliphatic rings. The molecule has 1 saturated heterocycles. The predicted octanol–water partition coefficient (Wildman–Crippen LogP) is 4.34. The maximum absolute atomic E-state index is 13.0.